The number of amides is 1. The van der Waals surface area contributed by atoms with Crippen molar-refractivity contribution in [3.8, 4) is 5.75 Å². The van der Waals surface area contributed by atoms with Crippen LogP contribution in [0.3, 0.4) is 0 Å². The lowest BCUT2D eigenvalue weighted by atomic mass is 9.98. The molecule has 1 aliphatic rings. The van der Waals surface area contributed by atoms with Crippen LogP contribution in [0.2, 0.25) is 0 Å². The topological polar surface area (TPSA) is 42.4 Å². The third-order valence-electron chi connectivity index (χ3n) is 4.32. The molecule has 3 rings (SSSR count). The Morgan fingerprint density at radius 1 is 1.32 bits per heavy atom. The number of nitrogens with zero attached hydrogens (tertiary/aromatic N) is 2. The van der Waals surface area contributed by atoms with E-state index in [4.69, 9.17) is 4.74 Å². The van der Waals surface area contributed by atoms with Crippen molar-refractivity contribution in [2.45, 2.75) is 19.8 Å². The summed E-state index contributed by atoms with van der Waals surface area (Å²) in [4.78, 5) is 17.6. The van der Waals surface area contributed by atoms with Gasteiger partial charge < -0.3 is 9.64 Å². The number of hydrogen-bond acceptors (Lipinski definition) is 3. The molecule has 0 radical (unpaired) electrons. The molecule has 6 heteroatoms. The second-order valence-corrected chi connectivity index (χ2v) is 6.37. The summed E-state index contributed by atoms with van der Waals surface area (Å²) < 4.78 is 32.5. The average molecular weight is 346 g/mol. The Bertz CT molecular complexity index is 750. The fourth-order valence-corrected chi connectivity index (χ4v) is 2.96. The molecule has 4 nitrogen and oxygen atoms in total. The van der Waals surface area contributed by atoms with Crippen LogP contribution in [0.4, 0.5) is 8.78 Å². The summed E-state index contributed by atoms with van der Waals surface area (Å²) in [6.07, 6.45) is 2.61. The summed E-state index contributed by atoms with van der Waals surface area (Å²) in [5.74, 6) is -1.26. The quantitative estimate of drug-likeness (QED) is 0.849. The Hall–Kier alpha value is -2.50. The molecule has 1 amide bonds. The summed E-state index contributed by atoms with van der Waals surface area (Å²) in [6.45, 7) is 3.52. The lowest BCUT2D eigenvalue weighted by Crippen LogP contribution is -2.42. The second kappa shape index (κ2) is 7.59. The molecule has 0 aliphatic carbocycles. The zero-order valence-electron chi connectivity index (χ0n) is 14.0. The number of pyridine rings is 1. The number of halogens is 2. The standard InChI is InChI=1S/C19H20F2N2O2/c1-13-4-6-16(7-5-13)25-12-14-3-2-8-23(11-14)19(24)18-17(21)9-15(20)10-22-18/h4-7,9-10,14H,2-3,8,11-12H2,1H3/t14-/m1/s1. The highest BCUT2D eigenvalue weighted by molar-refractivity contribution is 5.92. The van der Waals surface area contributed by atoms with Gasteiger partial charge in [0.2, 0.25) is 0 Å². The number of aryl methyl sites for hydroxylation is 1. The fourth-order valence-electron chi connectivity index (χ4n) is 2.96. The van der Waals surface area contributed by atoms with Gasteiger partial charge in [-0.2, -0.15) is 0 Å². The van der Waals surface area contributed by atoms with Gasteiger partial charge in [-0.05, 0) is 31.9 Å². The number of carbonyl (C=O) groups is 1. The van der Waals surface area contributed by atoms with Gasteiger partial charge in [-0.15, -0.1) is 0 Å². The Kier molecular flexibility index (Phi) is 5.26. The van der Waals surface area contributed by atoms with Gasteiger partial charge in [0.25, 0.3) is 5.91 Å². The van der Waals surface area contributed by atoms with E-state index >= 15 is 0 Å². The number of rotatable bonds is 4. The minimum atomic E-state index is -0.928. The first kappa shape index (κ1) is 17.3. The molecule has 0 spiro atoms. The van der Waals surface area contributed by atoms with E-state index in [2.05, 4.69) is 4.98 Å². The lowest BCUT2D eigenvalue weighted by Gasteiger charge is -2.32. The van der Waals surface area contributed by atoms with Crippen molar-refractivity contribution in [1.29, 1.82) is 0 Å². The monoisotopic (exact) mass is 346 g/mol. The van der Waals surface area contributed by atoms with E-state index in [0.29, 0.717) is 25.8 Å². The molecule has 0 unspecified atom stereocenters. The van der Waals surface area contributed by atoms with E-state index in [-0.39, 0.29) is 11.6 Å². The van der Waals surface area contributed by atoms with Gasteiger partial charge in [0.15, 0.2) is 11.5 Å². The van der Waals surface area contributed by atoms with Gasteiger partial charge in [-0.25, -0.2) is 13.8 Å². The Balaban J connectivity index is 1.60. The van der Waals surface area contributed by atoms with Crippen molar-refractivity contribution in [1.82, 2.24) is 9.88 Å². The van der Waals surface area contributed by atoms with E-state index in [1.165, 1.54) is 0 Å². The van der Waals surface area contributed by atoms with Gasteiger partial charge in [-0.3, -0.25) is 4.79 Å². The lowest BCUT2D eigenvalue weighted by molar-refractivity contribution is 0.0622. The fraction of sp³-hybridized carbons (Fsp3) is 0.368. The Morgan fingerprint density at radius 2 is 2.08 bits per heavy atom. The molecule has 2 heterocycles. The number of piperidine rings is 1. The van der Waals surface area contributed by atoms with Gasteiger partial charge in [0.1, 0.15) is 11.6 Å². The molecule has 132 valence electrons. The zero-order chi connectivity index (χ0) is 17.8. The first-order valence-corrected chi connectivity index (χ1v) is 8.32. The summed E-state index contributed by atoms with van der Waals surface area (Å²) in [7, 11) is 0. The second-order valence-electron chi connectivity index (χ2n) is 6.37. The number of ether oxygens (including phenoxy) is 1. The maximum absolute atomic E-state index is 13.8. The van der Waals surface area contributed by atoms with Crippen LogP contribution in [0.25, 0.3) is 0 Å². The summed E-state index contributed by atoms with van der Waals surface area (Å²) in [6, 6.07) is 8.48. The molecule has 0 saturated carbocycles. The number of benzene rings is 1. The molecule has 1 aliphatic heterocycles. The largest absolute Gasteiger partial charge is 0.493 e. The van der Waals surface area contributed by atoms with Crippen molar-refractivity contribution >= 4 is 5.91 Å². The Labute approximate surface area is 145 Å². The molecule has 2 aromatic rings. The number of carbonyl (C=O) groups excluding carboxylic acids is 1. The smallest absolute Gasteiger partial charge is 0.275 e. The molecule has 1 aromatic heterocycles. The first-order chi connectivity index (χ1) is 12.0. The van der Waals surface area contributed by atoms with Gasteiger partial charge in [0, 0.05) is 25.1 Å². The van der Waals surface area contributed by atoms with Gasteiger partial charge in [0.05, 0.1) is 12.8 Å². The molecule has 1 atom stereocenters. The van der Waals surface area contributed by atoms with Crippen LogP contribution in [0.5, 0.6) is 5.75 Å². The van der Waals surface area contributed by atoms with Crippen LogP contribution < -0.4 is 4.74 Å². The van der Waals surface area contributed by atoms with E-state index in [9.17, 15) is 13.6 Å². The van der Waals surface area contributed by atoms with Crippen molar-refractivity contribution in [3.63, 3.8) is 0 Å². The number of hydrogen-bond donors (Lipinski definition) is 0. The molecule has 1 saturated heterocycles. The SMILES string of the molecule is Cc1ccc(OC[C@@H]2CCCN(C(=O)c3ncc(F)cc3F)C2)cc1. The van der Waals surface area contributed by atoms with E-state index in [0.717, 1.165) is 30.4 Å². The minimum Gasteiger partial charge on any atom is -0.493 e. The average Bonchev–Trinajstić information content (AvgIpc) is 2.61. The highest BCUT2D eigenvalue weighted by atomic mass is 19.1. The van der Waals surface area contributed by atoms with Crippen molar-refractivity contribution in [3.05, 3.63) is 59.4 Å². The van der Waals surface area contributed by atoms with Crippen molar-refractivity contribution in [2.24, 2.45) is 5.92 Å². The third-order valence-corrected chi connectivity index (χ3v) is 4.32. The van der Waals surface area contributed by atoms with Gasteiger partial charge >= 0.3 is 0 Å². The number of aromatic nitrogens is 1. The normalized spacial score (nSPS) is 17.4. The van der Waals surface area contributed by atoms with E-state index < -0.39 is 17.5 Å². The van der Waals surface area contributed by atoms with E-state index in [1.807, 2.05) is 31.2 Å². The highest BCUT2D eigenvalue weighted by Gasteiger charge is 2.27. The minimum absolute atomic E-state index is 0.169. The molecule has 0 bridgehead atoms. The maximum Gasteiger partial charge on any atom is 0.275 e. The molecular formula is C19H20F2N2O2. The summed E-state index contributed by atoms with van der Waals surface area (Å²) >= 11 is 0. The number of likely N-dealkylation sites (tertiary alicyclic amines) is 1. The van der Waals surface area contributed by atoms with E-state index in [1.54, 1.807) is 4.90 Å². The molecular weight excluding hydrogens is 326 g/mol. The van der Waals surface area contributed by atoms with Crippen LogP contribution in [0, 0.1) is 24.5 Å². The zero-order valence-corrected chi connectivity index (χ0v) is 14.0. The molecule has 1 fully saturated rings. The highest BCUT2D eigenvalue weighted by Crippen LogP contribution is 2.21. The van der Waals surface area contributed by atoms with Crippen LogP contribution in [-0.2, 0) is 0 Å². The third kappa shape index (κ3) is 4.32. The predicted molar refractivity (Wildman–Crippen MR) is 89.5 cm³/mol. The predicted octanol–water partition coefficient (Wildman–Crippen LogP) is 3.60. The van der Waals surface area contributed by atoms with Gasteiger partial charge in [-0.1, -0.05) is 17.7 Å². The van der Waals surface area contributed by atoms with Crippen molar-refractivity contribution < 1.29 is 18.3 Å². The molecule has 0 N–H and O–H groups in total. The van der Waals surface area contributed by atoms with Crippen LogP contribution in [0.1, 0.15) is 28.9 Å². The maximum atomic E-state index is 13.8. The first-order valence-electron chi connectivity index (χ1n) is 8.32. The molecule has 25 heavy (non-hydrogen) atoms. The summed E-state index contributed by atoms with van der Waals surface area (Å²) in [5, 5.41) is 0. The van der Waals surface area contributed by atoms with Crippen LogP contribution in [0.15, 0.2) is 36.5 Å². The van der Waals surface area contributed by atoms with Crippen LogP contribution in [-0.4, -0.2) is 35.5 Å². The Morgan fingerprint density at radius 3 is 2.80 bits per heavy atom. The summed E-state index contributed by atoms with van der Waals surface area (Å²) in [5.41, 5.74) is 0.831. The van der Waals surface area contributed by atoms with Crippen LogP contribution >= 0.6 is 0 Å². The van der Waals surface area contributed by atoms with Crippen molar-refractivity contribution in [2.75, 3.05) is 19.7 Å². The molecule has 1 aromatic carbocycles.